The van der Waals surface area contributed by atoms with E-state index in [1.165, 1.54) is 0 Å². The van der Waals surface area contributed by atoms with E-state index in [0.29, 0.717) is 17.1 Å². The predicted molar refractivity (Wildman–Crippen MR) is 66.7 cm³/mol. The van der Waals surface area contributed by atoms with Crippen LogP contribution in [0.25, 0.3) is 10.8 Å². The minimum atomic E-state index is 0.683. The molecule has 0 amide bonds. The third-order valence-electron chi connectivity index (χ3n) is 2.76. The van der Waals surface area contributed by atoms with Crippen LogP contribution in [0.1, 0.15) is 11.1 Å². The summed E-state index contributed by atoms with van der Waals surface area (Å²) in [6, 6.07) is 5.89. The van der Waals surface area contributed by atoms with Crippen molar-refractivity contribution in [3.05, 3.63) is 29.3 Å². The minimum absolute atomic E-state index is 0.683. The quantitative estimate of drug-likeness (QED) is 0.572. The molecule has 3 heteroatoms. The summed E-state index contributed by atoms with van der Waals surface area (Å²) >= 11 is 0. The Morgan fingerprint density at radius 2 is 1.53 bits per heavy atom. The Morgan fingerprint density at radius 1 is 0.867 bits per heavy atom. The van der Waals surface area contributed by atoms with E-state index in [1.807, 2.05) is 32.0 Å². The SMILES string of the molecule is Cc1cc(N)c2c(N)c(C)c(N)cc2c1. The first kappa shape index (κ1) is 9.65. The van der Waals surface area contributed by atoms with Crippen LogP contribution in [0, 0.1) is 13.8 Å². The molecule has 0 aliphatic carbocycles. The smallest absolute Gasteiger partial charge is 0.0465 e. The summed E-state index contributed by atoms with van der Waals surface area (Å²) in [6.45, 7) is 3.91. The highest BCUT2D eigenvalue weighted by Gasteiger charge is 2.08. The van der Waals surface area contributed by atoms with E-state index < -0.39 is 0 Å². The second-order valence-electron chi connectivity index (χ2n) is 3.96. The molecule has 0 radical (unpaired) electrons. The first-order valence-electron chi connectivity index (χ1n) is 4.85. The number of hydrogen-bond acceptors (Lipinski definition) is 3. The van der Waals surface area contributed by atoms with Crippen molar-refractivity contribution < 1.29 is 0 Å². The molecule has 0 unspecified atom stereocenters. The molecule has 2 aromatic carbocycles. The molecule has 6 N–H and O–H groups in total. The molecular formula is C12H15N3. The van der Waals surface area contributed by atoms with Gasteiger partial charge in [0.2, 0.25) is 0 Å². The van der Waals surface area contributed by atoms with E-state index in [2.05, 4.69) is 0 Å². The monoisotopic (exact) mass is 201 g/mol. The van der Waals surface area contributed by atoms with Gasteiger partial charge in [-0.3, -0.25) is 0 Å². The Hall–Kier alpha value is -1.90. The zero-order valence-electron chi connectivity index (χ0n) is 8.96. The molecule has 15 heavy (non-hydrogen) atoms. The fourth-order valence-corrected chi connectivity index (χ4v) is 1.89. The van der Waals surface area contributed by atoms with E-state index in [0.717, 1.165) is 21.9 Å². The van der Waals surface area contributed by atoms with Gasteiger partial charge in [0, 0.05) is 22.4 Å². The third kappa shape index (κ3) is 1.36. The van der Waals surface area contributed by atoms with Crippen LogP contribution in [0.4, 0.5) is 17.1 Å². The highest BCUT2D eigenvalue weighted by molar-refractivity contribution is 6.05. The molecule has 0 atom stereocenters. The van der Waals surface area contributed by atoms with Gasteiger partial charge in [-0.05, 0) is 42.5 Å². The van der Waals surface area contributed by atoms with Crippen LogP contribution in [-0.2, 0) is 0 Å². The number of nitrogen functional groups attached to an aromatic ring is 3. The lowest BCUT2D eigenvalue weighted by Gasteiger charge is -2.11. The maximum absolute atomic E-state index is 6.01. The summed E-state index contributed by atoms with van der Waals surface area (Å²) < 4.78 is 0. The van der Waals surface area contributed by atoms with Crippen molar-refractivity contribution in [2.45, 2.75) is 13.8 Å². The number of benzene rings is 2. The van der Waals surface area contributed by atoms with E-state index in [-0.39, 0.29) is 0 Å². The maximum atomic E-state index is 6.01. The van der Waals surface area contributed by atoms with Crippen molar-refractivity contribution in [2.24, 2.45) is 0 Å². The highest BCUT2D eigenvalue weighted by atomic mass is 14.6. The fraction of sp³-hybridized carbons (Fsp3) is 0.167. The highest BCUT2D eigenvalue weighted by Crippen LogP contribution is 2.33. The summed E-state index contributed by atoms with van der Waals surface area (Å²) in [6.07, 6.45) is 0. The standard InChI is InChI=1S/C12H15N3/c1-6-3-8-5-9(13)7(2)12(15)11(8)10(14)4-6/h3-5H,13-15H2,1-2H3. The molecule has 0 saturated heterocycles. The normalized spacial score (nSPS) is 10.8. The average molecular weight is 201 g/mol. The summed E-state index contributed by atoms with van der Waals surface area (Å²) in [5.74, 6) is 0. The summed E-state index contributed by atoms with van der Waals surface area (Å²) in [5, 5.41) is 1.92. The van der Waals surface area contributed by atoms with Crippen molar-refractivity contribution in [2.75, 3.05) is 17.2 Å². The van der Waals surface area contributed by atoms with Crippen molar-refractivity contribution in [3.63, 3.8) is 0 Å². The van der Waals surface area contributed by atoms with Gasteiger partial charge >= 0.3 is 0 Å². The number of fused-ring (bicyclic) bond motifs is 1. The Morgan fingerprint density at radius 3 is 2.20 bits per heavy atom. The van der Waals surface area contributed by atoms with Crippen molar-refractivity contribution >= 4 is 27.8 Å². The van der Waals surface area contributed by atoms with Crippen molar-refractivity contribution in [3.8, 4) is 0 Å². The van der Waals surface area contributed by atoms with Gasteiger partial charge in [-0.1, -0.05) is 6.07 Å². The van der Waals surface area contributed by atoms with Crippen molar-refractivity contribution in [1.82, 2.24) is 0 Å². The van der Waals surface area contributed by atoms with Crippen LogP contribution >= 0.6 is 0 Å². The molecule has 2 rings (SSSR count). The van der Waals surface area contributed by atoms with Gasteiger partial charge in [0.1, 0.15) is 0 Å². The van der Waals surface area contributed by atoms with E-state index in [1.54, 1.807) is 0 Å². The lowest BCUT2D eigenvalue weighted by Crippen LogP contribution is -2.00. The average Bonchev–Trinajstić information content (AvgIpc) is 2.13. The van der Waals surface area contributed by atoms with Crippen LogP contribution in [0.2, 0.25) is 0 Å². The van der Waals surface area contributed by atoms with Crippen LogP contribution in [0.3, 0.4) is 0 Å². The summed E-state index contributed by atoms with van der Waals surface area (Å²) in [4.78, 5) is 0. The zero-order valence-corrected chi connectivity index (χ0v) is 8.96. The van der Waals surface area contributed by atoms with Gasteiger partial charge in [-0.15, -0.1) is 0 Å². The third-order valence-corrected chi connectivity index (χ3v) is 2.76. The maximum Gasteiger partial charge on any atom is 0.0465 e. The topological polar surface area (TPSA) is 78.1 Å². The number of hydrogen-bond donors (Lipinski definition) is 3. The first-order valence-corrected chi connectivity index (χ1v) is 4.85. The second kappa shape index (κ2) is 3.05. The predicted octanol–water partition coefficient (Wildman–Crippen LogP) is 2.20. The molecule has 0 aromatic heterocycles. The second-order valence-corrected chi connectivity index (χ2v) is 3.96. The van der Waals surface area contributed by atoms with Crippen molar-refractivity contribution in [1.29, 1.82) is 0 Å². The molecule has 0 saturated carbocycles. The Kier molecular flexibility index (Phi) is 1.96. The molecule has 0 spiro atoms. The lowest BCUT2D eigenvalue weighted by molar-refractivity contribution is 1.47. The fourth-order valence-electron chi connectivity index (χ4n) is 1.89. The number of nitrogens with two attached hydrogens (primary N) is 3. The first-order chi connectivity index (χ1) is 7.00. The van der Waals surface area contributed by atoms with E-state index in [9.17, 15) is 0 Å². The molecule has 0 fully saturated rings. The molecule has 0 aliphatic heterocycles. The molecule has 0 aliphatic rings. The summed E-state index contributed by atoms with van der Waals surface area (Å²) in [7, 11) is 0. The van der Waals surface area contributed by atoms with Gasteiger partial charge in [-0.25, -0.2) is 0 Å². The van der Waals surface area contributed by atoms with Gasteiger partial charge < -0.3 is 17.2 Å². The molecule has 0 heterocycles. The van der Waals surface area contributed by atoms with Gasteiger partial charge in [0.15, 0.2) is 0 Å². The Balaban J connectivity index is 2.99. The molecular weight excluding hydrogens is 186 g/mol. The zero-order chi connectivity index (χ0) is 11.2. The Bertz CT molecular complexity index is 544. The van der Waals surface area contributed by atoms with Gasteiger partial charge in [-0.2, -0.15) is 0 Å². The molecule has 2 aromatic rings. The number of aryl methyl sites for hydroxylation is 1. The van der Waals surface area contributed by atoms with E-state index >= 15 is 0 Å². The van der Waals surface area contributed by atoms with E-state index in [4.69, 9.17) is 17.2 Å². The molecule has 0 bridgehead atoms. The van der Waals surface area contributed by atoms with Gasteiger partial charge in [0.25, 0.3) is 0 Å². The van der Waals surface area contributed by atoms with Crippen LogP contribution in [0.5, 0.6) is 0 Å². The largest absolute Gasteiger partial charge is 0.398 e. The van der Waals surface area contributed by atoms with Crippen LogP contribution < -0.4 is 17.2 Å². The number of anilines is 3. The molecule has 78 valence electrons. The molecule has 3 nitrogen and oxygen atoms in total. The van der Waals surface area contributed by atoms with Crippen LogP contribution in [0.15, 0.2) is 18.2 Å². The Labute approximate surface area is 88.9 Å². The minimum Gasteiger partial charge on any atom is -0.398 e. The van der Waals surface area contributed by atoms with Gasteiger partial charge in [0.05, 0.1) is 0 Å². The van der Waals surface area contributed by atoms with Crippen LogP contribution in [-0.4, -0.2) is 0 Å². The summed E-state index contributed by atoms with van der Waals surface area (Å²) in [5.41, 5.74) is 22.0. The lowest BCUT2D eigenvalue weighted by atomic mass is 10.00. The number of rotatable bonds is 0.